The fourth-order valence-corrected chi connectivity index (χ4v) is 2.47. The van der Waals surface area contributed by atoms with Crippen molar-refractivity contribution in [2.24, 2.45) is 0 Å². The number of anilines is 1. The van der Waals surface area contributed by atoms with Gasteiger partial charge < -0.3 is 15.2 Å². The van der Waals surface area contributed by atoms with Gasteiger partial charge in [0.15, 0.2) is 0 Å². The monoisotopic (exact) mass is 305 g/mol. The lowest BCUT2D eigenvalue weighted by atomic mass is 10.2. The Bertz CT molecular complexity index is 609. The van der Waals surface area contributed by atoms with E-state index >= 15 is 0 Å². The summed E-state index contributed by atoms with van der Waals surface area (Å²) in [5.74, 6) is -0.0933. The van der Waals surface area contributed by atoms with Gasteiger partial charge in [-0.1, -0.05) is 30.7 Å². The molecule has 0 bridgehead atoms. The first kappa shape index (κ1) is 15.6. The van der Waals surface area contributed by atoms with Crippen LogP contribution in [0.3, 0.4) is 0 Å². The average Bonchev–Trinajstić information content (AvgIpc) is 2.90. The molecule has 0 saturated carbocycles. The van der Waals surface area contributed by atoms with Crippen molar-refractivity contribution in [3.8, 4) is 0 Å². The van der Waals surface area contributed by atoms with E-state index < -0.39 is 0 Å². The Labute approximate surface area is 130 Å². The van der Waals surface area contributed by atoms with Crippen molar-refractivity contribution in [1.82, 2.24) is 9.88 Å². The highest BCUT2D eigenvalue weighted by Crippen LogP contribution is 2.20. The molecule has 0 aliphatic carbocycles. The number of hydrogen-bond donors (Lipinski definition) is 2. The van der Waals surface area contributed by atoms with Gasteiger partial charge in [-0.25, -0.2) is 0 Å². The van der Waals surface area contributed by atoms with Gasteiger partial charge in [-0.15, -0.1) is 0 Å². The first-order valence-electron chi connectivity index (χ1n) is 7.04. The zero-order chi connectivity index (χ0) is 15.2. The Morgan fingerprint density at radius 3 is 2.76 bits per heavy atom. The second kappa shape index (κ2) is 7.29. The van der Waals surface area contributed by atoms with Crippen LogP contribution in [-0.4, -0.2) is 17.0 Å². The summed E-state index contributed by atoms with van der Waals surface area (Å²) >= 11 is 6.04. The maximum Gasteiger partial charge on any atom is 0.244 e. The van der Waals surface area contributed by atoms with Crippen LogP contribution >= 0.6 is 11.6 Å². The molecule has 1 unspecified atom stereocenters. The van der Waals surface area contributed by atoms with Gasteiger partial charge in [0.25, 0.3) is 0 Å². The van der Waals surface area contributed by atoms with Crippen LogP contribution in [0.15, 0.2) is 42.6 Å². The summed E-state index contributed by atoms with van der Waals surface area (Å²) in [7, 11) is 0. The van der Waals surface area contributed by atoms with E-state index in [1.54, 1.807) is 12.1 Å². The lowest BCUT2D eigenvalue weighted by Crippen LogP contribution is -2.24. The van der Waals surface area contributed by atoms with Crippen LogP contribution in [0.2, 0.25) is 5.02 Å². The van der Waals surface area contributed by atoms with Crippen LogP contribution in [0.4, 0.5) is 5.69 Å². The van der Waals surface area contributed by atoms with Gasteiger partial charge in [0.1, 0.15) is 6.54 Å². The predicted molar refractivity (Wildman–Crippen MR) is 86.6 cm³/mol. The Kier molecular flexibility index (Phi) is 5.42. The molecule has 5 heteroatoms. The third kappa shape index (κ3) is 4.09. The van der Waals surface area contributed by atoms with E-state index in [0.29, 0.717) is 10.7 Å². The van der Waals surface area contributed by atoms with Gasteiger partial charge in [0, 0.05) is 17.9 Å². The second-order valence-electron chi connectivity index (χ2n) is 4.87. The van der Waals surface area contributed by atoms with E-state index in [4.69, 9.17) is 11.6 Å². The number of amides is 1. The molecule has 1 atom stereocenters. The molecule has 0 aliphatic rings. The number of rotatable bonds is 6. The van der Waals surface area contributed by atoms with E-state index in [1.807, 2.05) is 35.0 Å². The molecule has 0 spiro atoms. The molecule has 1 aromatic carbocycles. The Hall–Kier alpha value is -1.78. The zero-order valence-corrected chi connectivity index (χ0v) is 13.0. The summed E-state index contributed by atoms with van der Waals surface area (Å²) in [6, 6.07) is 11.4. The quantitative estimate of drug-likeness (QED) is 0.858. The fourth-order valence-electron chi connectivity index (χ4n) is 2.28. The van der Waals surface area contributed by atoms with E-state index in [0.717, 1.165) is 12.2 Å². The number of aromatic nitrogens is 1. The van der Waals surface area contributed by atoms with Crippen molar-refractivity contribution in [2.45, 2.75) is 26.4 Å². The van der Waals surface area contributed by atoms with Crippen molar-refractivity contribution >= 4 is 23.2 Å². The molecular weight excluding hydrogens is 286 g/mol. The highest BCUT2D eigenvalue weighted by atomic mass is 35.5. The molecule has 4 nitrogen and oxygen atoms in total. The molecule has 1 heterocycles. The van der Waals surface area contributed by atoms with Gasteiger partial charge in [-0.05, 0) is 37.7 Å². The van der Waals surface area contributed by atoms with Gasteiger partial charge in [-0.3, -0.25) is 4.79 Å². The average molecular weight is 306 g/mol. The fraction of sp³-hybridized carbons (Fsp3) is 0.312. The summed E-state index contributed by atoms with van der Waals surface area (Å²) in [6.45, 7) is 5.30. The summed E-state index contributed by atoms with van der Waals surface area (Å²) < 4.78 is 1.94. The molecule has 112 valence electrons. The molecule has 1 amide bonds. The van der Waals surface area contributed by atoms with Crippen LogP contribution in [0.5, 0.6) is 0 Å². The van der Waals surface area contributed by atoms with Crippen molar-refractivity contribution in [3.05, 3.63) is 53.3 Å². The van der Waals surface area contributed by atoms with Gasteiger partial charge >= 0.3 is 0 Å². The van der Waals surface area contributed by atoms with Crippen molar-refractivity contribution in [1.29, 1.82) is 0 Å². The third-order valence-corrected chi connectivity index (χ3v) is 3.61. The minimum absolute atomic E-state index is 0.0933. The van der Waals surface area contributed by atoms with Crippen molar-refractivity contribution in [2.75, 3.05) is 11.9 Å². The summed E-state index contributed by atoms with van der Waals surface area (Å²) in [4.78, 5) is 12.2. The van der Waals surface area contributed by atoms with E-state index in [2.05, 4.69) is 24.5 Å². The minimum atomic E-state index is -0.0933. The third-order valence-electron chi connectivity index (χ3n) is 3.28. The van der Waals surface area contributed by atoms with Crippen LogP contribution in [0, 0.1) is 0 Å². The first-order valence-corrected chi connectivity index (χ1v) is 7.42. The van der Waals surface area contributed by atoms with Gasteiger partial charge in [-0.2, -0.15) is 0 Å². The maximum atomic E-state index is 12.2. The molecule has 0 aliphatic heterocycles. The summed E-state index contributed by atoms with van der Waals surface area (Å²) in [6.07, 6.45) is 1.91. The number of para-hydroxylation sites is 1. The van der Waals surface area contributed by atoms with Crippen LogP contribution in [-0.2, 0) is 11.3 Å². The standard InChI is InChI=1S/C16H20ClN3O/c1-3-18-12(2)15-9-6-10-20(15)11-16(21)19-14-8-5-4-7-13(14)17/h4-10,12,18H,3,11H2,1-2H3,(H,19,21). The van der Waals surface area contributed by atoms with Crippen molar-refractivity contribution in [3.63, 3.8) is 0 Å². The first-order chi connectivity index (χ1) is 10.1. The highest BCUT2D eigenvalue weighted by molar-refractivity contribution is 6.33. The second-order valence-corrected chi connectivity index (χ2v) is 5.28. The van der Waals surface area contributed by atoms with Gasteiger partial charge in [0.05, 0.1) is 10.7 Å². The zero-order valence-electron chi connectivity index (χ0n) is 12.3. The molecular formula is C16H20ClN3O. The van der Waals surface area contributed by atoms with Crippen LogP contribution in [0.25, 0.3) is 0 Å². The number of carbonyl (C=O) groups is 1. The van der Waals surface area contributed by atoms with Crippen LogP contribution < -0.4 is 10.6 Å². The number of nitrogens with zero attached hydrogens (tertiary/aromatic N) is 1. The normalized spacial score (nSPS) is 12.1. The highest BCUT2D eigenvalue weighted by Gasteiger charge is 2.12. The largest absolute Gasteiger partial charge is 0.341 e. The number of benzene rings is 1. The predicted octanol–water partition coefficient (Wildman–Crippen LogP) is 3.45. The van der Waals surface area contributed by atoms with Gasteiger partial charge in [0.2, 0.25) is 5.91 Å². The van der Waals surface area contributed by atoms with Crippen LogP contribution in [0.1, 0.15) is 25.6 Å². The maximum absolute atomic E-state index is 12.2. The minimum Gasteiger partial charge on any atom is -0.341 e. The topological polar surface area (TPSA) is 46.1 Å². The number of carbonyl (C=O) groups excluding carboxylic acids is 1. The lowest BCUT2D eigenvalue weighted by Gasteiger charge is -2.16. The Balaban J connectivity index is 2.04. The molecule has 21 heavy (non-hydrogen) atoms. The molecule has 2 aromatic rings. The molecule has 0 saturated heterocycles. The van der Waals surface area contributed by atoms with E-state index in [-0.39, 0.29) is 18.5 Å². The molecule has 2 N–H and O–H groups in total. The van der Waals surface area contributed by atoms with E-state index in [1.165, 1.54) is 0 Å². The summed E-state index contributed by atoms with van der Waals surface area (Å²) in [5, 5.41) is 6.72. The molecule has 0 fully saturated rings. The summed E-state index contributed by atoms with van der Waals surface area (Å²) in [5.41, 5.74) is 1.73. The lowest BCUT2D eigenvalue weighted by molar-refractivity contribution is -0.116. The number of halogens is 1. The SMILES string of the molecule is CCNC(C)c1cccn1CC(=O)Nc1ccccc1Cl. The Morgan fingerprint density at radius 2 is 2.05 bits per heavy atom. The smallest absolute Gasteiger partial charge is 0.244 e. The molecule has 1 aromatic heterocycles. The van der Waals surface area contributed by atoms with E-state index in [9.17, 15) is 4.79 Å². The number of hydrogen-bond acceptors (Lipinski definition) is 2. The van der Waals surface area contributed by atoms with Crippen molar-refractivity contribution < 1.29 is 4.79 Å². The number of nitrogens with one attached hydrogen (secondary N) is 2. The Morgan fingerprint density at radius 1 is 1.29 bits per heavy atom. The molecule has 2 rings (SSSR count). The molecule has 0 radical (unpaired) electrons.